The molecule has 0 saturated heterocycles. The molecule has 4 heteroatoms. The summed E-state index contributed by atoms with van der Waals surface area (Å²) in [6, 6.07) is 0.898. The third-order valence-electron chi connectivity index (χ3n) is 4.16. The molecule has 2 unspecified atom stereocenters. The Hall–Kier alpha value is -0.770. The lowest BCUT2D eigenvalue weighted by Crippen LogP contribution is -2.47. The van der Waals surface area contributed by atoms with Crippen LogP contribution in [0.3, 0.4) is 0 Å². The SMILES string of the molecule is CC(C)(C)OC(=O)N(C1CCCC1)C1CCC(N)C1. The lowest BCUT2D eigenvalue weighted by Gasteiger charge is -2.36. The van der Waals surface area contributed by atoms with Crippen LogP contribution in [0.25, 0.3) is 0 Å². The molecule has 0 aromatic heterocycles. The van der Waals surface area contributed by atoms with E-state index in [0.717, 1.165) is 32.1 Å². The van der Waals surface area contributed by atoms with E-state index in [4.69, 9.17) is 10.5 Å². The summed E-state index contributed by atoms with van der Waals surface area (Å²) in [6.07, 6.45) is 7.52. The monoisotopic (exact) mass is 268 g/mol. The van der Waals surface area contributed by atoms with Crippen LogP contribution in [0.4, 0.5) is 4.79 Å². The second-order valence-electron chi connectivity index (χ2n) is 7.05. The van der Waals surface area contributed by atoms with Crippen molar-refractivity contribution in [1.29, 1.82) is 0 Å². The summed E-state index contributed by atoms with van der Waals surface area (Å²) in [7, 11) is 0. The number of carbonyl (C=O) groups is 1. The molecule has 0 bridgehead atoms. The average molecular weight is 268 g/mol. The predicted octanol–water partition coefficient (Wildman–Crippen LogP) is 3.05. The summed E-state index contributed by atoms with van der Waals surface area (Å²) in [6.45, 7) is 5.79. The molecule has 0 aromatic carbocycles. The number of nitrogens with zero attached hydrogens (tertiary/aromatic N) is 1. The fourth-order valence-corrected chi connectivity index (χ4v) is 3.34. The molecule has 0 spiro atoms. The third-order valence-corrected chi connectivity index (χ3v) is 4.16. The van der Waals surface area contributed by atoms with Gasteiger partial charge in [0.1, 0.15) is 5.60 Å². The second kappa shape index (κ2) is 5.70. The zero-order valence-corrected chi connectivity index (χ0v) is 12.5. The van der Waals surface area contributed by atoms with Crippen LogP contribution in [0.2, 0.25) is 0 Å². The zero-order chi connectivity index (χ0) is 14.0. The minimum Gasteiger partial charge on any atom is -0.444 e. The molecule has 0 aliphatic heterocycles. The van der Waals surface area contributed by atoms with Crippen LogP contribution in [0.15, 0.2) is 0 Å². The lowest BCUT2D eigenvalue weighted by molar-refractivity contribution is 0.00589. The maximum atomic E-state index is 12.5. The minimum atomic E-state index is -0.422. The number of nitrogens with two attached hydrogens (primary N) is 1. The van der Waals surface area contributed by atoms with Gasteiger partial charge in [0.2, 0.25) is 0 Å². The highest BCUT2D eigenvalue weighted by molar-refractivity contribution is 5.69. The van der Waals surface area contributed by atoms with Crippen LogP contribution < -0.4 is 5.73 Å². The number of hydrogen-bond acceptors (Lipinski definition) is 3. The van der Waals surface area contributed by atoms with E-state index in [-0.39, 0.29) is 18.2 Å². The number of rotatable bonds is 2. The Kier molecular flexibility index (Phi) is 4.39. The van der Waals surface area contributed by atoms with Gasteiger partial charge in [-0.1, -0.05) is 12.8 Å². The maximum Gasteiger partial charge on any atom is 0.410 e. The molecule has 2 aliphatic rings. The quantitative estimate of drug-likeness (QED) is 0.837. The van der Waals surface area contributed by atoms with Crippen LogP contribution in [0, 0.1) is 0 Å². The van der Waals surface area contributed by atoms with Gasteiger partial charge in [0, 0.05) is 18.1 Å². The highest BCUT2D eigenvalue weighted by Crippen LogP contribution is 2.32. The molecule has 19 heavy (non-hydrogen) atoms. The molecule has 0 aromatic rings. The summed E-state index contributed by atoms with van der Waals surface area (Å²) in [5.41, 5.74) is 5.59. The van der Waals surface area contributed by atoms with Gasteiger partial charge in [-0.3, -0.25) is 0 Å². The Balaban J connectivity index is 2.07. The summed E-state index contributed by atoms with van der Waals surface area (Å²) in [4.78, 5) is 14.5. The summed E-state index contributed by atoms with van der Waals surface area (Å²) < 4.78 is 5.61. The van der Waals surface area contributed by atoms with Crippen molar-refractivity contribution in [3.63, 3.8) is 0 Å². The molecule has 2 N–H and O–H groups in total. The normalized spacial score (nSPS) is 28.6. The summed E-state index contributed by atoms with van der Waals surface area (Å²) in [5.74, 6) is 0. The average Bonchev–Trinajstić information content (AvgIpc) is 2.88. The fraction of sp³-hybridized carbons (Fsp3) is 0.933. The highest BCUT2D eigenvalue weighted by Gasteiger charge is 2.38. The molecular formula is C15H28N2O2. The van der Waals surface area contributed by atoms with Crippen LogP contribution in [-0.4, -0.2) is 34.7 Å². The molecule has 2 atom stereocenters. The van der Waals surface area contributed by atoms with E-state index in [2.05, 4.69) is 0 Å². The highest BCUT2D eigenvalue weighted by atomic mass is 16.6. The molecule has 0 heterocycles. The van der Waals surface area contributed by atoms with Gasteiger partial charge >= 0.3 is 6.09 Å². The van der Waals surface area contributed by atoms with E-state index in [1.807, 2.05) is 25.7 Å². The fourth-order valence-electron chi connectivity index (χ4n) is 3.34. The number of amides is 1. The van der Waals surface area contributed by atoms with Crippen molar-refractivity contribution < 1.29 is 9.53 Å². The standard InChI is InChI=1S/C15H28N2O2/c1-15(2,3)19-14(18)17(12-6-4-5-7-12)13-9-8-11(16)10-13/h11-13H,4-10,16H2,1-3H3. The minimum absolute atomic E-state index is 0.140. The molecular weight excluding hydrogens is 240 g/mol. The van der Waals surface area contributed by atoms with Crippen molar-refractivity contribution in [3.8, 4) is 0 Å². The van der Waals surface area contributed by atoms with Crippen molar-refractivity contribution in [3.05, 3.63) is 0 Å². The number of hydrogen-bond donors (Lipinski definition) is 1. The van der Waals surface area contributed by atoms with Gasteiger partial charge in [0.25, 0.3) is 0 Å². The van der Waals surface area contributed by atoms with Gasteiger partial charge in [0.15, 0.2) is 0 Å². The zero-order valence-electron chi connectivity index (χ0n) is 12.5. The molecule has 0 radical (unpaired) electrons. The van der Waals surface area contributed by atoms with Crippen LogP contribution in [0.1, 0.15) is 65.7 Å². The molecule has 1 amide bonds. The van der Waals surface area contributed by atoms with Gasteiger partial charge in [-0.15, -0.1) is 0 Å². The van der Waals surface area contributed by atoms with Crippen molar-refractivity contribution in [2.24, 2.45) is 5.73 Å². The van der Waals surface area contributed by atoms with Gasteiger partial charge in [-0.25, -0.2) is 4.79 Å². The first kappa shape index (κ1) is 14.6. The van der Waals surface area contributed by atoms with Gasteiger partial charge in [0.05, 0.1) is 0 Å². The lowest BCUT2D eigenvalue weighted by atomic mass is 10.1. The van der Waals surface area contributed by atoms with Crippen molar-refractivity contribution in [2.75, 3.05) is 0 Å². The van der Waals surface area contributed by atoms with E-state index < -0.39 is 5.60 Å². The number of ether oxygens (including phenoxy) is 1. The Morgan fingerprint density at radius 2 is 1.74 bits per heavy atom. The molecule has 2 aliphatic carbocycles. The topological polar surface area (TPSA) is 55.6 Å². The maximum absolute atomic E-state index is 12.5. The molecule has 4 nitrogen and oxygen atoms in total. The predicted molar refractivity (Wildman–Crippen MR) is 75.9 cm³/mol. The van der Waals surface area contributed by atoms with Crippen molar-refractivity contribution in [1.82, 2.24) is 4.90 Å². The first-order valence-electron chi connectivity index (χ1n) is 7.64. The van der Waals surface area contributed by atoms with E-state index in [0.29, 0.717) is 6.04 Å². The van der Waals surface area contributed by atoms with Gasteiger partial charge in [-0.2, -0.15) is 0 Å². The Morgan fingerprint density at radius 3 is 2.21 bits per heavy atom. The van der Waals surface area contributed by atoms with E-state index >= 15 is 0 Å². The second-order valence-corrected chi connectivity index (χ2v) is 7.05. The smallest absolute Gasteiger partial charge is 0.410 e. The molecule has 2 rings (SSSR count). The summed E-state index contributed by atoms with van der Waals surface area (Å²) >= 11 is 0. The summed E-state index contributed by atoms with van der Waals surface area (Å²) in [5, 5.41) is 0. The largest absolute Gasteiger partial charge is 0.444 e. The van der Waals surface area contributed by atoms with Crippen molar-refractivity contribution >= 4 is 6.09 Å². The first-order valence-corrected chi connectivity index (χ1v) is 7.64. The Morgan fingerprint density at radius 1 is 1.11 bits per heavy atom. The van der Waals surface area contributed by atoms with E-state index in [9.17, 15) is 4.79 Å². The first-order chi connectivity index (χ1) is 8.87. The number of carbonyl (C=O) groups excluding carboxylic acids is 1. The molecule has 110 valence electrons. The van der Waals surface area contributed by atoms with Crippen LogP contribution >= 0.6 is 0 Å². The third kappa shape index (κ3) is 3.85. The van der Waals surface area contributed by atoms with Crippen LogP contribution in [-0.2, 0) is 4.74 Å². The Bertz CT molecular complexity index is 319. The van der Waals surface area contributed by atoms with Gasteiger partial charge in [-0.05, 0) is 52.9 Å². The van der Waals surface area contributed by atoms with Crippen molar-refractivity contribution in [2.45, 2.75) is 89.4 Å². The Labute approximate surface area is 116 Å². The van der Waals surface area contributed by atoms with Crippen LogP contribution in [0.5, 0.6) is 0 Å². The van der Waals surface area contributed by atoms with Gasteiger partial charge < -0.3 is 15.4 Å². The molecule has 2 saturated carbocycles. The molecule has 2 fully saturated rings. The van der Waals surface area contributed by atoms with E-state index in [1.165, 1.54) is 12.8 Å². The van der Waals surface area contributed by atoms with E-state index in [1.54, 1.807) is 0 Å².